The van der Waals surface area contributed by atoms with Gasteiger partial charge in [-0.3, -0.25) is 4.79 Å². The van der Waals surface area contributed by atoms with Crippen molar-refractivity contribution in [2.24, 2.45) is 5.92 Å². The quantitative estimate of drug-likeness (QED) is 0.583. The Bertz CT molecular complexity index is 112. The van der Waals surface area contributed by atoms with Crippen LogP contribution in [-0.2, 0) is 9.53 Å². The summed E-state index contributed by atoms with van der Waals surface area (Å²) in [6.07, 6.45) is 0. The molecule has 0 saturated heterocycles. The van der Waals surface area contributed by atoms with Gasteiger partial charge >= 0.3 is 5.97 Å². The molecule has 0 rings (SSSR count). The number of hydrogen-bond donors (Lipinski definition) is 0. The molecule has 2 nitrogen and oxygen atoms in total. The molecule has 0 atom stereocenters. The molecule has 0 aromatic carbocycles. The van der Waals surface area contributed by atoms with E-state index in [1.807, 2.05) is 0 Å². The van der Waals surface area contributed by atoms with Crippen LogP contribution in [0.15, 0.2) is 0 Å². The number of ether oxygens (including phenoxy) is 1. The molecule has 0 heterocycles. The summed E-state index contributed by atoms with van der Waals surface area (Å²) in [6.45, 7) is 3.98. The van der Waals surface area contributed by atoms with Crippen molar-refractivity contribution in [1.82, 2.24) is 0 Å². The van der Waals surface area contributed by atoms with Crippen molar-refractivity contribution < 1.29 is 9.53 Å². The van der Waals surface area contributed by atoms with Crippen molar-refractivity contribution in [3.8, 4) is 0 Å². The van der Waals surface area contributed by atoms with Crippen LogP contribution >= 0.6 is 31.9 Å². The van der Waals surface area contributed by atoms with E-state index < -0.39 is 0 Å². The van der Waals surface area contributed by atoms with Crippen LogP contribution in [-0.4, -0.2) is 16.3 Å². The van der Waals surface area contributed by atoms with Gasteiger partial charge in [-0.2, -0.15) is 0 Å². The molecule has 0 saturated carbocycles. The highest BCUT2D eigenvalue weighted by Crippen LogP contribution is 2.08. The Morgan fingerprint density at radius 3 is 2.30 bits per heavy atom. The largest absolute Gasteiger partial charge is 0.463 e. The van der Waals surface area contributed by atoms with E-state index in [-0.39, 0.29) is 15.6 Å². The third-order valence-corrected chi connectivity index (χ3v) is 1.35. The fourth-order valence-corrected chi connectivity index (χ4v) is 0.576. The van der Waals surface area contributed by atoms with Gasteiger partial charge in [-0.05, 0) is 0 Å². The minimum absolute atomic E-state index is 0.0428. The lowest BCUT2D eigenvalue weighted by molar-refractivity contribution is -0.146. The first kappa shape index (κ1) is 10.4. The van der Waals surface area contributed by atoms with Crippen LogP contribution in [0.25, 0.3) is 0 Å². The highest BCUT2D eigenvalue weighted by molar-refractivity contribution is 9.24. The Hall–Kier alpha value is 0.430. The topological polar surface area (TPSA) is 26.3 Å². The van der Waals surface area contributed by atoms with Crippen LogP contribution in [0.4, 0.5) is 0 Å². The van der Waals surface area contributed by atoms with Gasteiger partial charge in [-0.1, -0.05) is 45.7 Å². The maximum atomic E-state index is 10.8. The lowest BCUT2D eigenvalue weighted by Gasteiger charge is -2.06. The highest BCUT2D eigenvalue weighted by Gasteiger charge is 2.09. The average Bonchev–Trinajstić information content (AvgIpc) is 1.82. The summed E-state index contributed by atoms with van der Waals surface area (Å²) in [4.78, 5) is 10.8. The number of esters is 1. The second-order valence-corrected chi connectivity index (χ2v) is 5.62. The van der Waals surface area contributed by atoms with Crippen molar-refractivity contribution in [2.75, 3.05) is 6.61 Å². The second-order valence-electron chi connectivity index (χ2n) is 2.18. The highest BCUT2D eigenvalue weighted by atomic mass is 79.9. The zero-order valence-corrected chi connectivity index (χ0v) is 9.11. The van der Waals surface area contributed by atoms with Crippen LogP contribution in [0.1, 0.15) is 13.8 Å². The first-order valence-corrected chi connectivity index (χ1v) is 4.82. The molecule has 0 amide bonds. The van der Waals surface area contributed by atoms with Gasteiger partial charge in [0.2, 0.25) is 0 Å². The zero-order chi connectivity index (χ0) is 8.15. The van der Waals surface area contributed by atoms with Crippen molar-refractivity contribution in [2.45, 2.75) is 17.6 Å². The summed E-state index contributed by atoms with van der Waals surface area (Å²) < 4.78 is 4.89. The van der Waals surface area contributed by atoms with Gasteiger partial charge < -0.3 is 4.74 Å². The summed E-state index contributed by atoms with van der Waals surface area (Å²) in [6, 6.07) is 0. The summed E-state index contributed by atoms with van der Waals surface area (Å²) in [5.74, 6) is -0.206. The molecule has 0 fully saturated rings. The summed E-state index contributed by atoms with van der Waals surface area (Å²) in [5, 5.41) is 0. The molecule has 0 spiro atoms. The number of carbonyl (C=O) groups is 1. The molecule has 10 heavy (non-hydrogen) atoms. The molecule has 0 aliphatic rings. The molecular formula is C6H10Br2O2. The van der Waals surface area contributed by atoms with E-state index in [9.17, 15) is 4.79 Å². The number of hydrogen-bond acceptors (Lipinski definition) is 2. The van der Waals surface area contributed by atoms with Crippen LogP contribution in [0.3, 0.4) is 0 Å². The van der Waals surface area contributed by atoms with Gasteiger partial charge in [0.15, 0.2) is 0 Å². The van der Waals surface area contributed by atoms with Crippen molar-refractivity contribution >= 4 is 37.8 Å². The van der Waals surface area contributed by atoms with E-state index in [1.165, 1.54) is 0 Å². The molecule has 0 aliphatic carbocycles. The van der Waals surface area contributed by atoms with Crippen molar-refractivity contribution in [1.29, 1.82) is 0 Å². The van der Waals surface area contributed by atoms with E-state index in [0.29, 0.717) is 6.61 Å². The smallest absolute Gasteiger partial charge is 0.308 e. The number of rotatable bonds is 3. The third kappa shape index (κ3) is 5.23. The summed E-state index contributed by atoms with van der Waals surface area (Å²) in [7, 11) is 0. The first-order chi connectivity index (χ1) is 4.54. The van der Waals surface area contributed by atoms with Crippen LogP contribution in [0.5, 0.6) is 0 Å². The standard InChI is InChI=1S/C6H10Br2O2/c1-4(2)6(9)10-3-5(7)8/h4-5H,3H2,1-2H3. The van der Waals surface area contributed by atoms with Crippen LogP contribution in [0.2, 0.25) is 0 Å². The fraction of sp³-hybridized carbons (Fsp3) is 0.833. The van der Waals surface area contributed by atoms with Gasteiger partial charge in [-0.15, -0.1) is 0 Å². The minimum Gasteiger partial charge on any atom is -0.463 e. The predicted octanol–water partition coefficient (Wildman–Crippen LogP) is 2.30. The summed E-state index contributed by atoms with van der Waals surface area (Å²) in [5.41, 5.74) is 0. The van der Waals surface area contributed by atoms with E-state index in [4.69, 9.17) is 4.74 Å². The van der Waals surface area contributed by atoms with Gasteiger partial charge in [0.25, 0.3) is 0 Å². The van der Waals surface area contributed by atoms with Gasteiger partial charge in [0.1, 0.15) is 10.3 Å². The zero-order valence-electron chi connectivity index (χ0n) is 5.93. The van der Waals surface area contributed by atoms with E-state index >= 15 is 0 Å². The monoisotopic (exact) mass is 272 g/mol. The Morgan fingerprint density at radius 2 is 2.00 bits per heavy atom. The Kier molecular flexibility index (Phi) is 5.35. The van der Waals surface area contributed by atoms with Crippen molar-refractivity contribution in [3.63, 3.8) is 0 Å². The molecular weight excluding hydrogens is 264 g/mol. The Balaban J connectivity index is 3.40. The first-order valence-electron chi connectivity index (χ1n) is 2.98. The van der Waals surface area contributed by atoms with E-state index in [1.54, 1.807) is 13.8 Å². The predicted molar refractivity (Wildman–Crippen MR) is 47.4 cm³/mol. The number of alkyl halides is 2. The Morgan fingerprint density at radius 1 is 1.50 bits per heavy atom. The average molecular weight is 274 g/mol. The fourth-order valence-electron chi connectivity index (χ4n) is 0.312. The number of halogens is 2. The SMILES string of the molecule is CC(C)C(=O)OCC(Br)Br. The molecule has 0 aromatic rings. The molecule has 0 N–H and O–H groups in total. The summed E-state index contributed by atoms with van der Waals surface area (Å²) >= 11 is 6.38. The van der Waals surface area contributed by atoms with Gasteiger partial charge in [0.05, 0.1) is 5.92 Å². The lowest BCUT2D eigenvalue weighted by Crippen LogP contribution is -2.14. The maximum Gasteiger partial charge on any atom is 0.308 e. The van der Waals surface area contributed by atoms with E-state index in [2.05, 4.69) is 31.9 Å². The molecule has 60 valence electrons. The second kappa shape index (κ2) is 5.13. The molecule has 4 heteroatoms. The van der Waals surface area contributed by atoms with Crippen molar-refractivity contribution in [3.05, 3.63) is 0 Å². The minimum atomic E-state index is -0.163. The van der Waals surface area contributed by atoms with Gasteiger partial charge in [-0.25, -0.2) is 0 Å². The lowest BCUT2D eigenvalue weighted by atomic mass is 10.2. The maximum absolute atomic E-state index is 10.8. The molecule has 0 aliphatic heterocycles. The number of carbonyl (C=O) groups excluding carboxylic acids is 1. The van der Waals surface area contributed by atoms with Crippen LogP contribution < -0.4 is 0 Å². The molecule has 0 radical (unpaired) electrons. The Labute approximate surface area is 77.6 Å². The molecule has 0 aromatic heterocycles. The third-order valence-electron chi connectivity index (χ3n) is 0.823. The molecule has 0 unspecified atom stereocenters. The van der Waals surface area contributed by atoms with E-state index in [0.717, 1.165) is 0 Å². The normalized spacial score (nSPS) is 10.6. The van der Waals surface area contributed by atoms with Gasteiger partial charge in [0, 0.05) is 0 Å². The van der Waals surface area contributed by atoms with Crippen LogP contribution in [0, 0.1) is 5.92 Å². The molecule has 0 bridgehead atoms.